The summed E-state index contributed by atoms with van der Waals surface area (Å²) in [4.78, 5) is 0. The molecule has 5 atom stereocenters. The zero-order chi connectivity index (χ0) is 20.6. The van der Waals surface area contributed by atoms with Crippen molar-refractivity contribution in [2.75, 3.05) is 0 Å². The van der Waals surface area contributed by atoms with Crippen LogP contribution in [-0.4, -0.2) is 38.7 Å². The molecule has 1 aliphatic rings. The van der Waals surface area contributed by atoms with Gasteiger partial charge in [-0.2, -0.15) is 0 Å². The normalized spacial score (nSPS) is 26.6. The molecule has 0 aromatic rings. The third-order valence-corrected chi connectivity index (χ3v) is 6.17. The molecule has 4 heteroatoms. The van der Waals surface area contributed by atoms with Gasteiger partial charge in [-0.15, -0.1) is 0 Å². The summed E-state index contributed by atoms with van der Waals surface area (Å²) in [7, 11) is 0. The van der Waals surface area contributed by atoms with Gasteiger partial charge in [-0.05, 0) is 50.9 Å². The van der Waals surface area contributed by atoms with Gasteiger partial charge >= 0.3 is 0 Å². The van der Waals surface area contributed by atoms with Crippen LogP contribution in [0.5, 0.6) is 0 Å². The second-order valence-corrected chi connectivity index (χ2v) is 8.47. The minimum Gasteiger partial charge on any atom is -0.516 e. The number of aliphatic hydroxyl groups is 4. The van der Waals surface area contributed by atoms with E-state index in [4.69, 9.17) is 5.11 Å². The summed E-state index contributed by atoms with van der Waals surface area (Å²) in [5, 5.41) is 38.8. The fourth-order valence-corrected chi connectivity index (χ4v) is 4.30. The Bertz CT molecular complexity index is 421. The van der Waals surface area contributed by atoms with Crippen molar-refractivity contribution >= 4 is 0 Å². The van der Waals surface area contributed by atoms with Gasteiger partial charge in [0.05, 0.1) is 24.6 Å². The maximum absolute atomic E-state index is 10.3. The summed E-state index contributed by atoms with van der Waals surface area (Å²) >= 11 is 0. The van der Waals surface area contributed by atoms with Gasteiger partial charge in [-0.3, -0.25) is 0 Å². The minimum atomic E-state index is -0.418. The lowest BCUT2D eigenvalue weighted by molar-refractivity contribution is 0.115. The Hall–Kier alpha value is -0.840. The molecule has 0 heterocycles. The molecule has 28 heavy (non-hydrogen) atoms. The van der Waals surface area contributed by atoms with Gasteiger partial charge in [0.25, 0.3) is 0 Å². The first-order chi connectivity index (χ1) is 13.6. The van der Waals surface area contributed by atoms with Crippen LogP contribution in [0.25, 0.3) is 0 Å². The zero-order valence-corrected chi connectivity index (χ0v) is 17.9. The molecule has 1 rings (SSSR count). The quantitative estimate of drug-likeness (QED) is 0.159. The molecule has 4 nitrogen and oxygen atoms in total. The number of rotatable bonds is 16. The summed E-state index contributed by atoms with van der Waals surface area (Å²) in [6, 6.07) is 0. The molecule has 1 aliphatic carbocycles. The van der Waals surface area contributed by atoms with Crippen LogP contribution in [0.3, 0.4) is 0 Å². The van der Waals surface area contributed by atoms with Crippen molar-refractivity contribution in [1.29, 1.82) is 0 Å². The second kappa shape index (κ2) is 16.0. The summed E-state index contributed by atoms with van der Waals surface area (Å²) in [6.07, 6.45) is 20.6. The van der Waals surface area contributed by atoms with Crippen LogP contribution >= 0.6 is 0 Å². The summed E-state index contributed by atoms with van der Waals surface area (Å²) < 4.78 is 0. The van der Waals surface area contributed by atoms with Crippen molar-refractivity contribution < 1.29 is 20.4 Å². The van der Waals surface area contributed by atoms with Crippen LogP contribution < -0.4 is 0 Å². The molecule has 0 saturated heterocycles. The molecule has 0 aromatic carbocycles. The Labute approximate surface area is 172 Å². The van der Waals surface area contributed by atoms with Crippen LogP contribution in [0.15, 0.2) is 24.5 Å². The highest BCUT2D eigenvalue weighted by molar-refractivity contribution is 5.02. The smallest absolute Gasteiger partial charge is 0.0751 e. The van der Waals surface area contributed by atoms with Gasteiger partial charge in [0.15, 0.2) is 0 Å². The van der Waals surface area contributed by atoms with Gasteiger partial charge < -0.3 is 20.4 Å². The molecule has 0 aromatic heterocycles. The van der Waals surface area contributed by atoms with Crippen molar-refractivity contribution in [2.24, 2.45) is 11.8 Å². The Balaban J connectivity index is 2.18. The van der Waals surface area contributed by atoms with Crippen molar-refractivity contribution in [3.63, 3.8) is 0 Å². The predicted molar refractivity (Wildman–Crippen MR) is 116 cm³/mol. The van der Waals surface area contributed by atoms with E-state index < -0.39 is 6.10 Å². The average molecular weight is 397 g/mol. The Morgan fingerprint density at radius 3 is 2.21 bits per heavy atom. The average Bonchev–Trinajstić information content (AvgIpc) is 2.95. The summed E-state index contributed by atoms with van der Waals surface area (Å²) in [5.41, 5.74) is 0. The molecular formula is C24H44O4. The number of hydrogen-bond acceptors (Lipinski definition) is 4. The Morgan fingerprint density at radius 1 is 0.857 bits per heavy atom. The third kappa shape index (κ3) is 10.6. The van der Waals surface area contributed by atoms with Gasteiger partial charge in [-0.1, -0.05) is 63.7 Å². The van der Waals surface area contributed by atoms with E-state index in [9.17, 15) is 15.3 Å². The zero-order valence-electron chi connectivity index (χ0n) is 17.9. The molecule has 1 fully saturated rings. The van der Waals surface area contributed by atoms with Crippen LogP contribution in [0.2, 0.25) is 0 Å². The molecule has 0 radical (unpaired) electrons. The topological polar surface area (TPSA) is 80.9 Å². The highest BCUT2D eigenvalue weighted by Gasteiger charge is 2.39. The maximum atomic E-state index is 10.3. The van der Waals surface area contributed by atoms with E-state index in [-0.39, 0.29) is 24.0 Å². The van der Waals surface area contributed by atoms with E-state index in [2.05, 4.69) is 12.2 Å². The van der Waals surface area contributed by atoms with Crippen LogP contribution in [-0.2, 0) is 0 Å². The molecule has 0 amide bonds. The second-order valence-electron chi connectivity index (χ2n) is 8.47. The fourth-order valence-electron chi connectivity index (χ4n) is 4.30. The molecule has 0 aliphatic heterocycles. The maximum Gasteiger partial charge on any atom is 0.0751 e. The van der Waals surface area contributed by atoms with Gasteiger partial charge in [0.1, 0.15) is 0 Å². The monoisotopic (exact) mass is 396 g/mol. The number of hydrogen-bond donors (Lipinski definition) is 4. The van der Waals surface area contributed by atoms with Crippen molar-refractivity contribution in [1.82, 2.24) is 0 Å². The van der Waals surface area contributed by atoms with E-state index in [1.807, 2.05) is 6.92 Å². The first kappa shape index (κ1) is 25.2. The SMILES string of the molecule is CCC(O)CCCCCCCC=CC1C(O)CC(O)C1CCCCCC=CO. The molecular weight excluding hydrogens is 352 g/mol. The van der Waals surface area contributed by atoms with Crippen LogP contribution in [0.4, 0.5) is 0 Å². The predicted octanol–water partition coefficient (Wildman–Crippen LogP) is 5.42. The lowest BCUT2D eigenvalue weighted by Crippen LogP contribution is -2.20. The first-order valence-electron chi connectivity index (χ1n) is 11.6. The van der Waals surface area contributed by atoms with Crippen molar-refractivity contribution in [3.05, 3.63) is 24.5 Å². The lowest BCUT2D eigenvalue weighted by atomic mass is 9.88. The van der Waals surface area contributed by atoms with Gasteiger partial charge in [0.2, 0.25) is 0 Å². The minimum absolute atomic E-state index is 0.0860. The van der Waals surface area contributed by atoms with Crippen LogP contribution in [0, 0.1) is 11.8 Å². The standard InChI is InChI=1S/C24H44O4/c1-2-20(26)15-11-7-4-3-5-8-12-16-21-22(24(28)19-23(21)27)17-13-9-6-10-14-18-25/h12,14,16,18,20-28H,2-11,13,15,17,19H2,1H3. The van der Waals surface area contributed by atoms with Gasteiger partial charge in [0, 0.05) is 12.3 Å². The number of unbranched alkanes of at least 4 members (excludes halogenated alkanes) is 8. The number of aliphatic hydroxyl groups excluding tert-OH is 4. The third-order valence-electron chi connectivity index (χ3n) is 6.17. The lowest BCUT2D eigenvalue weighted by Gasteiger charge is -2.20. The Morgan fingerprint density at radius 2 is 1.50 bits per heavy atom. The van der Waals surface area contributed by atoms with Gasteiger partial charge in [-0.25, -0.2) is 0 Å². The van der Waals surface area contributed by atoms with E-state index >= 15 is 0 Å². The fraction of sp³-hybridized carbons (Fsp3) is 0.833. The van der Waals surface area contributed by atoms with Crippen molar-refractivity contribution in [2.45, 2.75) is 115 Å². The molecule has 4 N–H and O–H groups in total. The largest absolute Gasteiger partial charge is 0.516 e. The van der Waals surface area contributed by atoms with E-state index in [0.717, 1.165) is 64.0 Å². The Kier molecular flexibility index (Phi) is 14.4. The molecule has 0 spiro atoms. The van der Waals surface area contributed by atoms with Crippen molar-refractivity contribution in [3.8, 4) is 0 Å². The highest BCUT2D eigenvalue weighted by Crippen LogP contribution is 2.37. The van der Waals surface area contributed by atoms with E-state index in [1.54, 1.807) is 6.08 Å². The molecule has 164 valence electrons. The molecule has 0 bridgehead atoms. The number of allylic oxidation sites excluding steroid dienone is 2. The highest BCUT2D eigenvalue weighted by atomic mass is 16.3. The molecule has 5 unspecified atom stereocenters. The van der Waals surface area contributed by atoms with Crippen LogP contribution in [0.1, 0.15) is 96.8 Å². The molecule has 1 saturated carbocycles. The van der Waals surface area contributed by atoms with E-state index in [0.29, 0.717) is 6.42 Å². The first-order valence-corrected chi connectivity index (χ1v) is 11.6. The summed E-state index contributed by atoms with van der Waals surface area (Å²) in [6.45, 7) is 2.03. The summed E-state index contributed by atoms with van der Waals surface area (Å²) in [5.74, 6) is 0.257. The van der Waals surface area contributed by atoms with E-state index in [1.165, 1.54) is 25.7 Å².